The highest BCUT2D eigenvalue weighted by atomic mass is 31.1. The number of para-hydroxylation sites is 2. The standard InChI is InChI=1S/C35H47N2P/c1-23(2)30-17-13-18-31(24(3)4)34(30)36-27(9)21-28(22-38-29-15-11-10-12-16-29)37-35-32(25(5)6)19-14-20-33(35)26(7)8/h10-21,23-26,36,38H,22H2,1-9H3/b27-21+,37-28?. The lowest BCUT2D eigenvalue weighted by Gasteiger charge is -2.21. The van der Waals surface area contributed by atoms with Gasteiger partial charge in [-0.3, -0.25) is 4.99 Å². The number of hydrogen-bond acceptors (Lipinski definition) is 2. The van der Waals surface area contributed by atoms with Crippen molar-refractivity contribution < 1.29 is 0 Å². The first-order chi connectivity index (χ1) is 18.1. The second kappa shape index (κ2) is 13.9. The molecule has 0 aliphatic carbocycles. The summed E-state index contributed by atoms with van der Waals surface area (Å²) in [5.41, 5.74) is 10.0. The SMILES string of the molecule is C/C(=C\C(CPc1ccccc1)=Nc1c(C(C)C)cccc1C(C)C)Nc1c(C(C)C)cccc1C(C)C. The highest BCUT2D eigenvalue weighted by Gasteiger charge is 2.16. The highest BCUT2D eigenvalue weighted by molar-refractivity contribution is 7.48. The molecule has 0 saturated carbocycles. The van der Waals surface area contributed by atoms with Crippen LogP contribution < -0.4 is 10.6 Å². The van der Waals surface area contributed by atoms with Gasteiger partial charge in [-0.05, 0) is 64.2 Å². The van der Waals surface area contributed by atoms with Gasteiger partial charge in [-0.1, -0.05) is 131 Å². The Kier molecular flexibility index (Phi) is 10.9. The Morgan fingerprint density at radius 2 is 1.16 bits per heavy atom. The van der Waals surface area contributed by atoms with E-state index < -0.39 is 0 Å². The van der Waals surface area contributed by atoms with E-state index >= 15 is 0 Å². The largest absolute Gasteiger partial charge is 0.359 e. The van der Waals surface area contributed by atoms with E-state index in [4.69, 9.17) is 4.99 Å². The van der Waals surface area contributed by atoms with Crippen molar-refractivity contribution in [2.75, 3.05) is 11.5 Å². The van der Waals surface area contributed by atoms with E-state index in [-0.39, 0.29) is 0 Å². The predicted octanol–water partition coefficient (Wildman–Crippen LogP) is 10.3. The molecule has 3 heteroatoms. The second-order valence-corrected chi connectivity index (χ2v) is 12.8. The quantitative estimate of drug-likeness (QED) is 0.195. The maximum atomic E-state index is 5.42. The number of benzene rings is 3. The summed E-state index contributed by atoms with van der Waals surface area (Å²) in [7, 11) is 0.671. The van der Waals surface area contributed by atoms with Crippen molar-refractivity contribution in [1.82, 2.24) is 0 Å². The van der Waals surface area contributed by atoms with Crippen molar-refractivity contribution in [3.63, 3.8) is 0 Å². The highest BCUT2D eigenvalue weighted by Crippen LogP contribution is 2.36. The zero-order chi connectivity index (χ0) is 27.8. The summed E-state index contributed by atoms with van der Waals surface area (Å²) in [5, 5.41) is 5.18. The zero-order valence-corrected chi connectivity index (χ0v) is 25.9. The number of aliphatic imine (C=N–C) groups is 1. The van der Waals surface area contributed by atoms with E-state index in [2.05, 4.69) is 140 Å². The number of allylic oxidation sites excluding steroid dienone is 2. The lowest BCUT2D eigenvalue weighted by atomic mass is 9.92. The third-order valence-electron chi connectivity index (χ3n) is 6.92. The number of anilines is 1. The van der Waals surface area contributed by atoms with Gasteiger partial charge in [-0.25, -0.2) is 0 Å². The van der Waals surface area contributed by atoms with Gasteiger partial charge < -0.3 is 5.32 Å². The van der Waals surface area contributed by atoms with Gasteiger partial charge in [0.05, 0.1) is 5.69 Å². The van der Waals surface area contributed by atoms with Gasteiger partial charge in [0.25, 0.3) is 0 Å². The molecule has 0 radical (unpaired) electrons. The maximum Gasteiger partial charge on any atom is 0.0702 e. The molecule has 2 nitrogen and oxygen atoms in total. The Morgan fingerprint density at radius 1 is 0.684 bits per heavy atom. The van der Waals surface area contributed by atoms with Gasteiger partial charge in [0.1, 0.15) is 0 Å². The maximum absolute atomic E-state index is 5.42. The van der Waals surface area contributed by atoms with E-state index in [0.29, 0.717) is 32.3 Å². The molecule has 0 spiro atoms. The van der Waals surface area contributed by atoms with Crippen LogP contribution in [0.5, 0.6) is 0 Å². The molecule has 202 valence electrons. The smallest absolute Gasteiger partial charge is 0.0702 e. The van der Waals surface area contributed by atoms with Gasteiger partial charge >= 0.3 is 0 Å². The van der Waals surface area contributed by atoms with Crippen LogP contribution in [-0.4, -0.2) is 11.9 Å². The molecule has 0 bridgehead atoms. The van der Waals surface area contributed by atoms with Gasteiger partial charge in [-0.15, -0.1) is 0 Å². The molecule has 0 heterocycles. The molecular weight excluding hydrogens is 479 g/mol. The van der Waals surface area contributed by atoms with Crippen molar-refractivity contribution in [1.29, 1.82) is 0 Å². The molecule has 0 saturated heterocycles. The molecule has 0 amide bonds. The van der Waals surface area contributed by atoms with Gasteiger partial charge in [-0.2, -0.15) is 0 Å². The molecular formula is C35H47N2P. The Hall–Kier alpha value is -2.70. The van der Waals surface area contributed by atoms with Crippen LogP contribution >= 0.6 is 8.58 Å². The molecule has 1 atom stereocenters. The minimum absolute atomic E-state index is 0.417. The second-order valence-electron chi connectivity index (χ2n) is 11.5. The van der Waals surface area contributed by atoms with Crippen LogP contribution in [0.25, 0.3) is 0 Å². The average Bonchev–Trinajstić information content (AvgIpc) is 2.87. The fourth-order valence-corrected chi connectivity index (χ4v) is 5.83. The summed E-state index contributed by atoms with van der Waals surface area (Å²) in [5.74, 6) is 1.73. The molecule has 0 aliphatic heterocycles. The number of rotatable bonds is 11. The van der Waals surface area contributed by atoms with E-state index in [1.54, 1.807) is 0 Å². The molecule has 1 N–H and O–H groups in total. The first-order valence-electron chi connectivity index (χ1n) is 14.2. The van der Waals surface area contributed by atoms with E-state index in [1.807, 2.05) is 0 Å². The Morgan fingerprint density at radius 3 is 1.63 bits per heavy atom. The summed E-state index contributed by atoms with van der Waals surface area (Å²) in [6.07, 6.45) is 3.19. The monoisotopic (exact) mass is 526 g/mol. The third kappa shape index (κ3) is 7.90. The Bertz CT molecular complexity index is 1200. The fraction of sp³-hybridized carbons (Fsp3) is 0.400. The molecule has 1 unspecified atom stereocenters. The first kappa shape index (κ1) is 29.9. The Balaban J connectivity index is 2.09. The van der Waals surface area contributed by atoms with Crippen LogP contribution in [0.15, 0.2) is 83.5 Å². The molecule has 38 heavy (non-hydrogen) atoms. The molecule has 0 fully saturated rings. The first-order valence-corrected chi connectivity index (χ1v) is 15.4. The lowest BCUT2D eigenvalue weighted by Crippen LogP contribution is -2.09. The van der Waals surface area contributed by atoms with E-state index in [0.717, 1.165) is 23.3 Å². The summed E-state index contributed by atoms with van der Waals surface area (Å²) in [6.45, 7) is 20.3. The molecule has 3 aromatic rings. The molecule has 3 aromatic carbocycles. The van der Waals surface area contributed by atoms with Crippen molar-refractivity contribution in [2.45, 2.75) is 86.0 Å². The van der Waals surface area contributed by atoms with E-state index in [9.17, 15) is 0 Å². The topological polar surface area (TPSA) is 24.4 Å². The van der Waals surface area contributed by atoms with E-state index in [1.165, 1.54) is 33.2 Å². The van der Waals surface area contributed by atoms with Gasteiger partial charge in [0.15, 0.2) is 0 Å². The molecule has 0 aromatic heterocycles. The molecule has 3 rings (SSSR count). The van der Waals surface area contributed by atoms with Crippen LogP contribution in [-0.2, 0) is 0 Å². The Labute approximate surface area is 233 Å². The number of nitrogens with one attached hydrogen (secondary N) is 1. The van der Waals surface area contributed by atoms with Crippen molar-refractivity contribution in [3.8, 4) is 0 Å². The lowest BCUT2D eigenvalue weighted by molar-refractivity contribution is 0.834. The van der Waals surface area contributed by atoms with Gasteiger partial charge in [0, 0.05) is 23.3 Å². The van der Waals surface area contributed by atoms with Crippen LogP contribution in [0.4, 0.5) is 11.4 Å². The van der Waals surface area contributed by atoms with Crippen molar-refractivity contribution in [3.05, 3.63) is 101 Å². The minimum Gasteiger partial charge on any atom is -0.359 e. The zero-order valence-electron chi connectivity index (χ0n) is 24.9. The fourth-order valence-electron chi connectivity index (χ4n) is 4.83. The van der Waals surface area contributed by atoms with Crippen molar-refractivity contribution >= 4 is 31.0 Å². The summed E-state index contributed by atoms with van der Waals surface area (Å²) < 4.78 is 0. The van der Waals surface area contributed by atoms with Crippen LogP contribution in [0, 0.1) is 0 Å². The minimum atomic E-state index is 0.417. The third-order valence-corrected chi connectivity index (χ3v) is 8.20. The number of nitrogens with zero attached hydrogens (tertiary/aromatic N) is 1. The predicted molar refractivity (Wildman–Crippen MR) is 173 cm³/mol. The summed E-state index contributed by atoms with van der Waals surface area (Å²) in [6, 6.07) is 24.2. The van der Waals surface area contributed by atoms with Crippen molar-refractivity contribution in [2.24, 2.45) is 4.99 Å². The molecule has 0 aliphatic rings. The number of hydrogen-bond donors (Lipinski definition) is 1. The summed E-state index contributed by atoms with van der Waals surface area (Å²) >= 11 is 0. The summed E-state index contributed by atoms with van der Waals surface area (Å²) in [4.78, 5) is 5.42. The average molecular weight is 527 g/mol. The van der Waals surface area contributed by atoms with Crippen LogP contribution in [0.3, 0.4) is 0 Å². The normalized spacial score (nSPS) is 13.1. The van der Waals surface area contributed by atoms with Gasteiger partial charge in [0.2, 0.25) is 0 Å². The van der Waals surface area contributed by atoms with Crippen LogP contribution in [0.1, 0.15) is 108 Å². The van der Waals surface area contributed by atoms with Crippen LogP contribution in [0.2, 0.25) is 0 Å².